The first-order valence-electron chi connectivity index (χ1n) is 9.56. The number of hydrogen-bond donors (Lipinski definition) is 2. The molecule has 1 aliphatic rings. The zero-order valence-electron chi connectivity index (χ0n) is 17.4. The Morgan fingerprint density at radius 3 is 2.43 bits per heavy atom. The first-order valence-corrected chi connectivity index (χ1v) is 11.8. The lowest BCUT2D eigenvalue weighted by molar-refractivity contribution is 0.0488. The lowest BCUT2D eigenvalue weighted by Gasteiger charge is -2.16. The lowest BCUT2D eigenvalue weighted by Crippen LogP contribution is -2.30. The van der Waals surface area contributed by atoms with Crippen LogP contribution in [0.1, 0.15) is 31.1 Å². The fourth-order valence-electron chi connectivity index (χ4n) is 2.40. The van der Waals surface area contributed by atoms with Gasteiger partial charge in [0.1, 0.15) is 33.9 Å². The highest BCUT2D eigenvalue weighted by molar-refractivity contribution is 8.47. The number of ether oxygens (including phenoxy) is 3. The Morgan fingerprint density at radius 2 is 1.80 bits per heavy atom. The van der Waals surface area contributed by atoms with E-state index in [0.29, 0.717) is 37.7 Å². The van der Waals surface area contributed by atoms with Gasteiger partial charge in [-0.25, -0.2) is 0 Å². The monoisotopic (exact) mass is 472 g/mol. The van der Waals surface area contributed by atoms with Crippen molar-refractivity contribution >= 4 is 45.1 Å². The molecule has 0 spiro atoms. The fourth-order valence-corrected chi connectivity index (χ4v) is 5.21. The first-order chi connectivity index (χ1) is 14.2. The van der Waals surface area contributed by atoms with E-state index in [1.807, 2.05) is 6.08 Å². The molecule has 0 amide bonds. The van der Waals surface area contributed by atoms with E-state index in [1.54, 1.807) is 47.8 Å². The molecule has 0 fully saturated rings. The maximum Gasteiger partial charge on any atom is 0.193 e. The average molecular weight is 473 g/mol. The van der Waals surface area contributed by atoms with E-state index >= 15 is 0 Å². The largest absolute Gasteiger partial charge is 0.493 e. The Balaban J connectivity index is 1.62. The number of rotatable bonds is 13. The van der Waals surface area contributed by atoms with Gasteiger partial charge in [0.05, 0.1) is 24.6 Å². The highest BCUT2D eigenvalue weighted by Gasteiger charge is 2.43. The van der Waals surface area contributed by atoms with Crippen molar-refractivity contribution in [2.24, 2.45) is 0 Å². The number of thiocarbonyl (C=S) groups is 1. The van der Waals surface area contributed by atoms with Crippen LogP contribution < -0.4 is 4.74 Å². The van der Waals surface area contributed by atoms with Crippen LogP contribution in [0.5, 0.6) is 5.75 Å². The second kappa shape index (κ2) is 11.5. The molecule has 0 bridgehead atoms. The summed E-state index contributed by atoms with van der Waals surface area (Å²) in [6.45, 7) is 6.71. The summed E-state index contributed by atoms with van der Waals surface area (Å²) in [4.78, 5) is 12.0. The molecule has 0 saturated heterocycles. The first kappa shape index (κ1) is 25.2. The van der Waals surface area contributed by atoms with Crippen LogP contribution >= 0.6 is 35.7 Å². The quantitative estimate of drug-likeness (QED) is 0.255. The summed E-state index contributed by atoms with van der Waals surface area (Å²) in [7, 11) is 0. The van der Waals surface area contributed by atoms with E-state index in [9.17, 15) is 9.90 Å². The number of carbonyl (C=O) groups is 1. The molecule has 1 atom stereocenters. The Labute approximate surface area is 191 Å². The maximum absolute atomic E-state index is 12.0. The molecule has 166 valence electrons. The van der Waals surface area contributed by atoms with Crippen LogP contribution in [0, 0.1) is 0 Å². The molecule has 0 radical (unpaired) electrons. The lowest BCUT2D eigenvalue weighted by atomic mass is 9.97. The molecule has 1 aliphatic carbocycles. The van der Waals surface area contributed by atoms with Crippen LogP contribution in [0.25, 0.3) is 0 Å². The van der Waals surface area contributed by atoms with Crippen LogP contribution in [-0.2, 0) is 9.47 Å². The van der Waals surface area contributed by atoms with Crippen molar-refractivity contribution in [1.82, 2.24) is 0 Å². The van der Waals surface area contributed by atoms with Gasteiger partial charge >= 0.3 is 0 Å². The number of Topliss-reactive ketones (excluding diaryl/α,β-unsaturated/α-hetero) is 1. The average Bonchev–Trinajstić information content (AvgIpc) is 3.33. The van der Waals surface area contributed by atoms with Gasteiger partial charge in [-0.3, -0.25) is 4.79 Å². The number of hydrogen-bond acceptors (Lipinski definition) is 9. The van der Waals surface area contributed by atoms with E-state index in [4.69, 9.17) is 31.5 Å². The van der Waals surface area contributed by atoms with Gasteiger partial charge in [0.25, 0.3) is 0 Å². The molecule has 30 heavy (non-hydrogen) atoms. The van der Waals surface area contributed by atoms with Crippen molar-refractivity contribution in [3.63, 3.8) is 0 Å². The molecular formula is C21H28O6S3. The summed E-state index contributed by atoms with van der Waals surface area (Å²) in [5.41, 5.74) is -0.955. The van der Waals surface area contributed by atoms with Crippen molar-refractivity contribution in [3.8, 4) is 5.75 Å². The number of aliphatic hydroxyl groups is 2. The number of carbonyl (C=O) groups excluding carboxylic acids is 1. The van der Waals surface area contributed by atoms with E-state index < -0.39 is 5.60 Å². The Kier molecular flexibility index (Phi) is 9.65. The van der Waals surface area contributed by atoms with Gasteiger partial charge < -0.3 is 24.4 Å². The third-order valence-corrected chi connectivity index (χ3v) is 6.80. The third-order valence-electron chi connectivity index (χ3n) is 4.07. The fraction of sp³-hybridized carbons (Fsp3) is 0.524. The van der Waals surface area contributed by atoms with Crippen molar-refractivity contribution in [3.05, 3.63) is 41.7 Å². The Bertz CT molecular complexity index is 757. The van der Waals surface area contributed by atoms with Crippen LogP contribution in [0.4, 0.5) is 0 Å². The molecule has 0 saturated carbocycles. The Morgan fingerprint density at radius 1 is 1.13 bits per heavy atom. The van der Waals surface area contributed by atoms with E-state index in [0.717, 1.165) is 15.0 Å². The molecule has 1 aromatic carbocycles. The number of thioether (sulfide) groups is 2. The molecule has 6 nitrogen and oxygen atoms in total. The SMILES string of the molecule is CC(C)(O)C(=O)c1ccc(OCCOC2=CC2(C)SC(=S)SCCOCCO)cc1. The summed E-state index contributed by atoms with van der Waals surface area (Å²) in [6.07, 6.45) is 2.03. The summed E-state index contributed by atoms with van der Waals surface area (Å²) in [6, 6.07) is 6.69. The van der Waals surface area contributed by atoms with Gasteiger partial charge in [0, 0.05) is 11.3 Å². The zero-order chi connectivity index (χ0) is 22.2. The molecular weight excluding hydrogens is 444 g/mol. The minimum atomic E-state index is -1.40. The van der Waals surface area contributed by atoms with E-state index in [2.05, 4.69) is 6.92 Å². The van der Waals surface area contributed by atoms with Gasteiger partial charge in [0.15, 0.2) is 5.78 Å². The predicted octanol–water partition coefficient (Wildman–Crippen LogP) is 3.45. The Hall–Kier alpha value is -1.10. The number of benzene rings is 1. The van der Waals surface area contributed by atoms with Gasteiger partial charge in [-0.05, 0) is 51.1 Å². The van der Waals surface area contributed by atoms with Crippen LogP contribution in [0.3, 0.4) is 0 Å². The summed E-state index contributed by atoms with van der Waals surface area (Å²) in [5.74, 6) is 1.95. The number of aliphatic hydroxyl groups excluding tert-OH is 1. The molecule has 9 heteroatoms. The van der Waals surface area contributed by atoms with Gasteiger partial charge in [-0.15, -0.1) is 11.8 Å². The van der Waals surface area contributed by atoms with Gasteiger partial charge in [-0.1, -0.05) is 24.0 Å². The maximum atomic E-state index is 12.0. The van der Waals surface area contributed by atoms with Crippen LogP contribution in [-0.4, -0.2) is 68.7 Å². The van der Waals surface area contributed by atoms with Crippen molar-refractivity contribution in [1.29, 1.82) is 0 Å². The predicted molar refractivity (Wildman–Crippen MR) is 126 cm³/mol. The smallest absolute Gasteiger partial charge is 0.193 e. The summed E-state index contributed by atoms with van der Waals surface area (Å²) < 4.78 is 17.3. The number of ketones is 1. The molecule has 1 unspecified atom stereocenters. The summed E-state index contributed by atoms with van der Waals surface area (Å²) >= 11 is 8.53. The van der Waals surface area contributed by atoms with Crippen molar-refractivity contribution < 1.29 is 29.2 Å². The van der Waals surface area contributed by atoms with E-state index in [-0.39, 0.29) is 17.1 Å². The standard InChI is InChI=1S/C21H28O6S3/c1-20(2,24)18(23)15-4-6-16(7-5-15)26-10-11-27-17-14-21(17,3)30-19(28)29-13-12-25-9-8-22/h4-7,14,22,24H,8-13H2,1-3H3. The highest BCUT2D eigenvalue weighted by Crippen LogP contribution is 2.49. The third kappa shape index (κ3) is 8.20. The highest BCUT2D eigenvalue weighted by atomic mass is 32.2. The second-order valence-corrected chi connectivity index (χ2v) is 11.0. The second-order valence-electron chi connectivity index (χ2n) is 7.26. The van der Waals surface area contributed by atoms with E-state index in [1.165, 1.54) is 13.8 Å². The normalized spacial score (nSPS) is 18.0. The molecule has 0 heterocycles. The summed E-state index contributed by atoms with van der Waals surface area (Å²) in [5, 5.41) is 18.4. The minimum Gasteiger partial charge on any atom is -0.493 e. The van der Waals surface area contributed by atoms with Crippen molar-refractivity contribution in [2.75, 3.05) is 38.8 Å². The molecule has 1 aromatic rings. The molecule has 2 N–H and O–H groups in total. The topological polar surface area (TPSA) is 85.2 Å². The van der Waals surface area contributed by atoms with Gasteiger partial charge in [-0.2, -0.15) is 0 Å². The van der Waals surface area contributed by atoms with Crippen LogP contribution in [0.15, 0.2) is 36.1 Å². The zero-order valence-corrected chi connectivity index (χ0v) is 19.8. The van der Waals surface area contributed by atoms with Crippen LogP contribution in [0.2, 0.25) is 0 Å². The molecule has 2 rings (SSSR count). The van der Waals surface area contributed by atoms with Gasteiger partial charge in [0.2, 0.25) is 0 Å². The minimum absolute atomic E-state index is 0.0311. The molecule has 0 aliphatic heterocycles. The molecule has 0 aromatic heterocycles. The van der Waals surface area contributed by atoms with Crippen molar-refractivity contribution in [2.45, 2.75) is 31.1 Å².